The highest BCUT2D eigenvalue weighted by atomic mass is 32.2. The fraction of sp³-hybridized carbons (Fsp3) is 0.238. The maximum absolute atomic E-state index is 12.9. The highest BCUT2D eigenvalue weighted by molar-refractivity contribution is 7.92. The van der Waals surface area contributed by atoms with Crippen molar-refractivity contribution in [1.82, 2.24) is 0 Å². The first-order valence-corrected chi connectivity index (χ1v) is 10.9. The Morgan fingerprint density at radius 1 is 1.07 bits per heavy atom. The van der Waals surface area contributed by atoms with Gasteiger partial charge in [-0.1, -0.05) is 39.0 Å². The maximum Gasteiger partial charge on any atom is 0.229 e. The van der Waals surface area contributed by atoms with Crippen molar-refractivity contribution >= 4 is 38.3 Å². The van der Waals surface area contributed by atoms with Crippen molar-refractivity contribution in [3.63, 3.8) is 0 Å². The van der Waals surface area contributed by atoms with E-state index in [2.05, 4.69) is 10.0 Å². The van der Waals surface area contributed by atoms with Crippen LogP contribution >= 0.6 is 0 Å². The Morgan fingerprint density at radius 3 is 2.33 bits per heavy atom. The van der Waals surface area contributed by atoms with E-state index in [-0.39, 0.29) is 34.0 Å². The van der Waals surface area contributed by atoms with Crippen LogP contribution in [0.4, 0.5) is 11.4 Å². The van der Waals surface area contributed by atoms with Gasteiger partial charge in [0.05, 0.1) is 17.3 Å². The summed E-state index contributed by atoms with van der Waals surface area (Å²) in [5.74, 6) is 0.228. The van der Waals surface area contributed by atoms with E-state index >= 15 is 0 Å². The molecule has 9 heteroatoms. The highest BCUT2D eigenvalue weighted by Gasteiger charge is 2.23. The summed E-state index contributed by atoms with van der Waals surface area (Å²) in [6.45, 7) is 5.17. The van der Waals surface area contributed by atoms with E-state index in [0.29, 0.717) is 5.75 Å². The predicted octanol–water partition coefficient (Wildman–Crippen LogP) is 3.94. The number of hydrogen-bond acceptors (Lipinski definition) is 6. The molecule has 1 aromatic heterocycles. The predicted molar refractivity (Wildman–Crippen MR) is 116 cm³/mol. The first-order chi connectivity index (χ1) is 13.9. The summed E-state index contributed by atoms with van der Waals surface area (Å²) in [4.78, 5) is 25.2. The fourth-order valence-corrected chi connectivity index (χ4v) is 3.09. The van der Waals surface area contributed by atoms with Gasteiger partial charge in [-0.05, 0) is 18.2 Å². The van der Waals surface area contributed by atoms with Crippen molar-refractivity contribution < 1.29 is 22.4 Å². The minimum atomic E-state index is -3.62. The van der Waals surface area contributed by atoms with Crippen LogP contribution in [0.2, 0.25) is 0 Å². The van der Waals surface area contributed by atoms with Crippen molar-refractivity contribution in [3.8, 4) is 11.5 Å². The standard InChI is InChI=1S/C21H22N2O6S/c1-21(2,3)20(25)22-16-12-28-17-11-15(23-30(4,26)27)18(10-14(17)19(16)24)29-13-8-6-5-7-9-13/h5-12,23H,1-4H3,(H,22,25). The van der Waals surface area contributed by atoms with Crippen molar-refractivity contribution in [3.05, 3.63) is 59.0 Å². The van der Waals surface area contributed by atoms with Gasteiger partial charge >= 0.3 is 0 Å². The lowest BCUT2D eigenvalue weighted by atomic mass is 9.95. The average molecular weight is 430 g/mol. The second kappa shape index (κ2) is 7.83. The number of sulfonamides is 1. The van der Waals surface area contributed by atoms with E-state index in [1.807, 2.05) is 6.07 Å². The zero-order chi connectivity index (χ0) is 22.1. The van der Waals surface area contributed by atoms with E-state index in [1.165, 1.54) is 12.1 Å². The first-order valence-electron chi connectivity index (χ1n) is 9.06. The molecule has 2 N–H and O–H groups in total. The molecule has 1 heterocycles. The largest absolute Gasteiger partial charge is 0.462 e. The lowest BCUT2D eigenvalue weighted by Crippen LogP contribution is -2.29. The maximum atomic E-state index is 12.9. The summed E-state index contributed by atoms with van der Waals surface area (Å²) in [6, 6.07) is 11.5. The third-order valence-corrected chi connectivity index (χ3v) is 4.66. The fourth-order valence-electron chi connectivity index (χ4n) is 2.53. The molecule has 0 unspecified atom stereocenters. The number of hydrogen-bond donors (Lipinski definition) is 2. The molecule has 30 heavy (non-hydrogen) atoms. The molecule has 0 bridgehead atoms. The zero-order valence-corrected chi connectivity index (χ0v) is 17.8. The molecular weight excluding hydrogens is 408 g/mol. The van der Waals surface area contributed by atoms with Gasteiger partial charge in [0.25, 0.3) is 0 Å². The highest BCUT2D eigenvalue weighted by Crippen LogP contribution is 2.34. The van der Waals surface area contributed by atoms with Crippen LogP contribution in [0, 0.1) is 5.41 Å². The van der Waals surface area contributed by atoms with Crippen molar-refractivity contribution in [2.75, 3.05) is 16.3 Å². The quantitative estimate of drug-likeness (QED) is 0.634. The van der Waals surface area contributed by atoms with Crippen LogP contribution in [0.5, 0.6) is 11.5 Å². The molecule has 3 aromatic rings. The molecule has 0 spiro atoms. The van der Waals surface area contributed by atoms with Gasteiger partial charge in [0, 0.05) is 11.5 Å². The summed E-state index contributed by atoms with van der Waals surface area (Å²) in [5.41, 5.74) is -0.940. The summed E-state index contributed by atoms with van der Waals surface area (Å²) >= 11 is 0. The Balaban J connectivity index is 2.13. The summed E-state index contributed by atoms with van der Waals surface area (Å²) in [6.07, 6.45) is 2.14. The first kappa shape index (κ1) is 21.4. The molecule has 0 atom stereocenters. The van der Waals surface area contributed by atoms with Crippen LogP contribution < -0.4 is 20.2 Å². The zero-order valence-electron chi connectivity index (χ0n) is 17.0. The van der Waals surface area contributed by atoms with Gasteiger partial charge in [-0.25, -0.2) is 8.42 Å². The normalized spacial score (nSPS) is 11.9. The molecule has 0 saturated carbocycles. The Bertz CT molecular complexity index is 1260. The van der Waals surface area contributed by atoms with Crippen LogP contribution in [0.15, 0.2) is 57.9 Å². The molecule has 8 nitrogen and oxygen atoms in total. The smallest absolute Gasteiger partial charge is 0.229 e. The van der Waals surface area contributed by atoms with E-state index in [0.717, 1.165) is 12.5 Å². The van der Waals surface area contributed by atoms with Crippen LogP contribution in [-0.4, -0.2) is 20.6 Å². The van der Waals surface area contributed by atoms with Gasteiger partial charge in [-0.2, -0.15) is 0 Å². The molecule has 0 radical (unpaired) electrons. The van der Waals surface area contributed by atoms with Crippen LogP contribution in [0.3, 0.4) is 0 Å². The van der Waals surface area contributed by atoms with Gasteiger partial charge < -0.3 is 14.5 Å². The molecule has 0 aliphatic rings. The third-order valence-electron chi connectivity index (χ3n) is 4.07. The number of benzene rings is 2. The van der Waals surface area contributed by atoms with E-state index in [9.17, 15) is 18.0 Å². The Labute approximate surface area is 173 Å². The lowest BCUT2D eigenvalue weighted by Gasteiger charge is -2.17. The van der Waals surface area contributed by atoms with E-state index < -0.39 is 20.9 Å². The van der Waals surface area contributed by atoms with Gasteiger partial charge in [-0.3, -0.25) is 14.3 Å². The topological polar surface area (TPSA) is 115 Å². The summed E-state index contributed by atoms with van der Waals surface area (Å²) < 4.78 is 37.2. The lowest BCUT2D eigenvalue weighted by molar-refractivity contribution is -0.123. The number of carbonyl (C=O) groups excluding carboxylic acids is 1. The summed E-state index contributed by atoms with van der Waals surface area (Å²) in [5, 5.41) is 2.70. The number of nitrogens with one attached hydrogen (secondary N) is 2. The van der Waals surface area contributed by atoms with Gasteiger partial charge in [0.15, 0.2) is 5.75 Å². The van der Waals surface area contributed by atoms with Crippen LogP contribution in [0.1, 0.15) is 20.8 Å². The van der Waals surface area contributed by atoms with E-state index in [1.54, 1.807) is 45.0 Å². The van der Waals surface area contributed by atoms with Crippen LogP contribution in [0.25, 0.3) is 11.0 Å². The average Bonchev–Trinajstić information content (AvgIpc) is 2.64. The molecule has 3 rings (SSSR count). The monoisotopic (exact) mass is 430 g/mol. The molecule has 158 valence electrons. The number of fused-ring (bicyclic) bond motifs is 1. The molecule has 0 saturated heterocycles. The van der Waals surface area contributed by atoms with Crippen LogP contribution in [-0.2, 0) is 14.8 Å². The number of amides is 1. The molecule has 0 fully saturated rings. The number of anilines is 2. The van der Waals surface area contributed by atoms with Crippen molar-refractivity contribution in [2.24, 2.45) is 5.41 Å². The van der Waals surface area contributed by atoms with Gasteiger partial charge in [-0.15, -0.1) is 0 Å². The summed E-state index contributed by atoms with van der Waals surface area (Å²) in [7, 11) is -3.62. The Kier molecular flexibility index (Phi) is 5.58. The minimum Gasteiger partial charge on any atom is -0.462 e. The number of carbonyl (C=O) groups is 1. The Hall–Kier alpha value is -3.33. The van der Waals surface area contributed by atoms with E-state index in [4.69, 9.17) is 9.15 Å². The van der Waals surface area contributed by atoms with Crippen molar-refractivity contribution in [2.45, 2.75) is 20.8 Å². The molecule has 1 amide bonds. The second-order valence-corrected chi connectivity index (χ2v) is 9.56. The van der Waals surface area contributed by atoms with Gasteiger partial charge in [0.1, 0.15) is 23.3 Å². The second-order valence-electron chi connectivity index (χ2n) is 7.82. The van der Waals surface area contributed by atoms with Gasteiger partial charge in [0.2, 0.25) is 21.4 Å². The Morgan fingerprint density at radius 2 is 1.73 bits per heavy atom. The number of para-hydroxylation sites is 1. The molecular formula is C21H22N2O6S. The van der Waals surface area contributed by atoms with Crippen molar-refractivity contribution in [1.29, 1.82) is 0 Å². The minimum absolute atomic E-state index is 0.0168. The molecule has 2 aromatic carbocycles. The number of ether oxygens (including phenoxy) is 1. The molecule has 0 aliphatic heterocycles. The number of rotatable bonds is 5. The SMILES string of the molecule is CC(C)(C)C(=O)Nc1coc2cc(NS(C)(=O)=O)c(Oc3ccccc3)cc2c1=O. The third kappa shape index (κ3) is 4.98. The molecule has 0 aliphatic carbocycles.